The zero-order valence-electron chi connectivity index (χ0n) is 6.10. The molecule has 0 rings (SSSR count). The number of unbranched alkanes of at least 4 members (excludes halogenated alkanes) is 1. The lowest BCUT2D eigenvalue weighted by Gasteiger charge is -2.05. The van der Waals surface area contributed by atoms with Gasteiger partial charge < -0.3 is 0 Å². The van der Waals surface area contributed by atoms with Crippen molar-refractivity contribution in [2.75, 3.05) is 0 Å². The molecule has 0 heteroatoms. The van der Waals surface area contributed by atoms with Gasteiger partial charge in [-0.25, -0.2) is 0 Å². The van der Waals surface area contributed by atoms with Gasteiger partial charge in [-0.15, -0.1) is 6.58 Å². The third-order valence-electron chi connectivity index (χ3n) is 1.36. The van der Waals surface area contributed by atoms with Crippen LogP contribution in [0, 0.1) is 19.8 Å². The summed E-state index contributed by atoms with van der Waals surface area (Å²) in [4.78, 5) is 0. The normalized spacial score (nSPS) is 13.1. The van der Waals surface area contributed by atoms with E-state index in [0.717, 1.165) is 12.8 Å². The van der Waals surface area contributed by atoms with E-state index >= 15 is 0 Å². The van der Waals surface area contributed by atoms with Crippen LogP contribution in [-0.4, -0.2) is 0 Å². The second-order valence-electron chi connectivity index (χ2n) is 2.39. The number of hydrogen-bond donors (Lipinski definition) is 0. The predicted molar refractivity (Wildman–Crippen MR) is 42.9 cm³/mol. The SMILES string of the molecule is [CH2]CCCC([CH2])CC=C. The van der Waals surface area contributed by atoms with Crippen molar-refractivity contribution >= 4 is 0 Å². The minimum atomic E-state index is 0.559. The molecule has 0 aromatic heterocycles. The molecule has 0 saturated carbocycles. The molecule has 0 aromatic carbocycles. The Kier molecular flexibility index (Phi) is 5.70. The maximum atomic E-state index is 3.97. The van der Waals surface area contributed by atoms with Gasteiger partial charge >= 0.3 is 0 Å². The van der Waals surface area contributed by atoms with E-state index in [9.17, 15) is 0 Å². The molecule has 1 unspecified atom stereocenters. The summed E-state index contributed by atoms with van der Waals surface area (Å²) in [5.74, 6) is 0.559. The van der Waals surface area contributed by atoms with Crippen molar-refractivity contribution in [2.45, 2.75) is 25.7 Å². The molecule has 0 N–H and O–H groups in total. The van der Waals surface area contributed by atoms with Crippen LogP contribution >= 0.6 is 0 Å². The Morgan fingerprint density at radius 3 is 2.56 bits per heavy atom. The molecule has 0 aliphatic heterocycles. The summed E-state index contributed by atoms with van der Waals surface area (Å²) < 4.78 is 0. The Morgan fingerprint density at radius 2 is 2.11 bits per heavy atom. The second kappa shape index (κ2) is 5.87. The van der Waals surface area contributed by atoms with E-state index in [-0.39, 0.29) is 0 Å². The summed E-state index contributed by atoms with van der Waals surface area (Å²) in [6, 6.07) is 0. The first-order valence-electron chi connectivity index (χ1n) is 3.54. The van der Waals surface area contributed by atoms with E-state index < -0.39 is 0 Å². The highest BCUT2D eigenvalue weighted by molar-refractivity contribution is 4.74. The Bertz CT molecular complexity index is 64.4. The first-order valence-corrected chi connectivity index (χ1v) is 3.54. The van der Waals surface area contributed by atoms with Crippen LogP contribution in [0.5, 0.6) is 0 Å². The van der Waals surface area contributed by atoms with Gasteiger partial charge in [0.1, 0.15) is 0 Å². The van der Waals surface area contributed by atoms with E-state index in [0.29, 0.717) is 5.92 Å². The summed E-state index contributed by atoms with van der Waals surface area (Å²) in [6.07, 6.45) is 6.39. The van der Waals surface area contributed by atoms with Gasteiger partial charge in [0.2, 0.25) is 0 Å². The average molecular weight is 124 g/mol. The minimum Gasteiger partial charge on any atom is -0.103 e. The van der Waals surface area contributed by atoms with Gasteiger partial charge in [0.25, 0.3) is 0 Å². The topological polar surface area (TPSA) is 0 Å². The van der Waals surface area contributed by atoms with Crippen LogP contribution in [0.15, 0.2) is 12.7 Å². The predicted octanol–water partition coefficient (Wildman–Crippen LogP) is 3.02. The zero-order valence-corrected chi connectivity index (χ0v) is 6.10. The summed E-state index contributed by atoms with van der Waals surface area (Å²) in [5.41, 5.74) is 0. The fraction of sp³-hybridized carbons (Fsp3) is 0.556. The molecular weight excluding hydrogens is 108 g/mol. The van der Waals surface area contributed by atoms with Crippen LogP contribution in [0.3, 0.4) is 0 Å². The highest BCUT2D eigenvalue weighted by Crippen LogP contribution is 2.10. The molecule has 0 saturated heterocycles. The van der Waals surface area contributed by atoms with Gasteiger partial charge in [-0.1, -0.05) is 32.3 Å². The van der Waals surface area contributed by atoms with Crippen molar-refractivity contribution in [2.24, 2.45) is 5.92 Å². The third-order valence-corrected chi connectivity index (χ3v) is 1.36. The molecule has 0 heterocycles. The summed E-state index contributed by atoms with van der Waals surface area (Å²) in [7, 11) is 0. The zero-order chi connectivity index (χ0) is 7.11. The van der Waals surface area contributed by atoms with Crippen molar-refractivity contribution in [1.82, 2.24) is 0 Å². The van der Waals surface area contributed by atoms with Crippen molar-refractivity contribution in [1.29, 1.82) is 0 Å². The Morgan fingerprint density at radius 1 is 1.44 bits per heavy atom. The molecular formula is C9H16. The number of allylic oxidation sites excluding steroid dienone is 1. The van der Waals surface area contributed by atoms with E-state index in [1.165, 1.54) is 12.8 Å². The Balaban J connectivity index is 3.04. The van der Waals surface area contributed by atoms with Crippen LogP contribution < -0.4 is 0 Å². The van der Waals surface area contributed by atoms with Crippen LogP contribution in [0.2, 0.25) is 0 Å². The van der Waals surface area contributed by atoms with E-state index in [4.69, 9.17) is 0 Å². The Labute approximate surface area is 59.0 Å². The summed E-state index contributed by atoms with van der Waals surface area (Å²) in [6.45, 7) is 11.4. The highest BCUT2D eigenvalue weighted by atomic mass is 14.0. The van der Waals surface area contributed by atoms with Crippen molar-refractivity contribution in [3.8, 4) is 0 Å². The Hall–Kier alpha value is -0.260. The molecule has 0 bridgehead atoms. The van der Waals surface area contributed by atoms with Crippen LogP contribution in [0.1, 0.15) is 25.7 Å². The van der Waals surface area contributed by atoms with Crippen molar-refractivity contribution in [3.63, 3.8) is 0 Å². The number of rotatable bonds is 5. The van der Waals surface area contributed by atoms with Crippen LogP contribution in [-0.2, 0) is 0 Å². The van der Waals surface area contributed by atoms with Gasteiger partial charge in [-0.3, -0.25) is 0 Å². The van der Waals surface area contributed by atoms with Gasteiger partial charge in [0, 0.05) is 0 Å². The quantitative estimate of drug-likeness (QED) is 0.494. The standard InChI is InChI=1S/C9H16/c1-4-6-8-9(3)7-5-2/h5,9H,1-4,6-8H2. The molecule has 0 spiro atoms. The average Bonchev–Trinajstić information content (AvgIpc) is 1.85. The molecule has 0 aliphatic rings. The maximum absolute atomic E-state index is 3.97. The van der Waals surface area contributed by atoms with E-state index in [1.54, 1.807) is 0 Å². The lowest BCUT2D eigenvalue weighted by molar-refractivity contribution is 0.568. The smallest absolute Gasteiger partial charge is 0.0325 e. The van der Waals surface area contributed by atoms with Crippen LogP contribution in [0.25, 0.3) is 0 Å². The molecule has 52 valence electrons. The minimum absolute atomic E-state index is 0.559. The van der Waals surface area contributed by atoms with E-state index in [1.807, 2.05) is 6.08 Å². The van der Waals surface area contributed by atoms with Crippen molar-refractivity contribution in [3.05, 3.63) is 26.5 Å². The highest BCUT2D eigenvalue weighted by Gasteiger charge is 1.96. The van der Waals surface area contributed by atoms with Crippen LogP contribution in [0.4, 0.5) is 0 Å². The van der Waals surface area contributed by atoms with Crippen molar-refractivity contribution < 1.29 is 0 Å². The van der Waals surface area contributed by atoms with Gasteiger partial charge in [0.05, 0.1) is 0 Å². The van der Waals surface area contributed by atoms with Gasteiger partial charge in [-0.05, 0) is 19.3 Å². The molecule has 0 aliphatic carbocycles. The molecule has 0 aromatic rings. The molecule has 0 nitrogen and oxygen atoms in total. The first kappa shape index (κ1) is 8.74. The third kappa shape index (κ3) is 5.61. The fourth-order valence-corrected chi connectivity index (χ4v) is 0.787. The van der Waals surface area contributed by atoms with E-state index in [2.05, 4.69) is 20.4 Å². The molecule has 2 radical (unpaired) electrons. The molecule has 0 fully saturated rings. The van der Waals surface area contributed by atoms with Gasteiger partial charge in [-0.2, -0.15) is 0 Å². The maximum Gasteiger partial charge on any atom is -0.0325 e. The monoisotopic (exact) mass is 124 g/mol. The molecule has 0 amide bonds. The fourth-order valence-electron chi connectivity index (χ4n) is 0.787. The van der Waals surface area contributed by atoms with Gasteiger partial charge in [0.15, 0.2) is 0 Å². The lowest BCUT2D eigenvalue weighted by atomic mass is 10.0. The largest absolute Gasteiger partial charge is 0.103 e. The first-order chi connectivity index (χ1) is 4.31. The summed E-state index contributed by atoms with van der Waals surface area (Å²) >= 11 is 0. The summed E-state index contributed by atoms with van der Waals surface area (Å²) in [5, 5.41) is 0. The molecule has 9 heavy (non-hydrogen) atoms. The number of hydrogen-bond acceptors (Lipinski definition) is 0. The second-order valence-corrected chi connectivity index (χ2v) is 2.39. The lowest BCUT2D eigenvalue weighted by Crippen LogP contribution is -1.91. The molecule has 1 atom stereocenters.